The van der Waals surface area contributed by atoms with Gasteiger partial charge in [-0.2, -0.15) is 0 Å². The molecule has 0 radical (unpaired) electrons. The first kappa shape index (κ1) is 18.6. The zero-order valence-electron chi connectivity index (χ0n) is 15.6. The second-order valence-corrected chi connectivity index (χ2v) is 6.53. The maximum absolute atomic E-state index is 13.7. The van der Waals surface area contributed by atoms with E-state index >= 15 is 0 Å². The molecule has 1 amide bonds. The predicted octanol–water partition coefficient (Wildman–Crippen LogP) is 4.49. The summed E-state index contributed by atoms with van der Waals surface area (Å²) >= 11 is 0. The van der Waals surface area contributed by atoms with Crippen molar-refractivity contribution in [3.63, 3.8) is 0 Å². The quantitative estimate of drug-likeness (QED) is 0.513. The molecule has 0 spiro atoms. The number of halogens is 1. The first-order valence-corrected chi connectivity index (χ1v) is 9.29. The maximum Gasteiger partial charge on any atom is 0.251 e. The Hall–Kier alpha value is -3.80. The molecule has 0 unspecified atom stereocenters. The van der Waals surface area contributed by atoms with Gasteiger partial charge in [-0.05, 0) is 42.3 Å². The molecule has 29 heavy (non-hydrogen) atoms. The van der Waals surface area contributed by atoms with Crippen LogP contribution in [0.3, 0.4) is 0 Å². The SMILES string of the molecule is O=C(NCCc1ccccc1F)c1ccnc(Nc2cccc3cccnc23)c1. The van der Waals surface area contributed by atoms with E-state index in [2.05, 4.69) is 20.6 Å². The molecular weight excluding hydrogens is 367 g/mol. The summed E-state index contributed by atoms with van der Waals surface area (Å²) in [4.78, 5) is 21.2. The van der Waals surface area contributed by atoms with E-state index in [1.165, 1.54) is 6.07 Å². The molecule has 6 heteroatoms. The second kappa shape index (κ2) is 8.48. The molecule has 5 nitrogen and oxygen atoms in total. The normalized spacial score (nSPS) is 10.7. The molecule has 0 saturated heterocycles. The number of para-hydroxylation sites is 1. The lowest BCUT2D eigenvalue weighted by Gasteiger charge is -2.10. The minimum absolute atomic E-state index is 0.233. The average molecular weight is 386 g/mol. The highest BCUT2D eigenvalue weighted by atomic mass is 19.1. The molecule has 2 heterocycles. The Labute approximate surface area is 167 Å². The predicted molar refractivity (Wildman–Crippen MR) is 112 cm³/mol. The van der Waals surface area contributed by atoms with E-state index in [4.69, 9.17) is 0 Å². The Morgan fingerprint density at radius 1 is 0.931 bits per heavy atom. The van der Waals surface area contributed by atoms with Crippen molar-refractivity contribution in [2.24, 2.45) is 0 Å². The van der Waals surface area contributed by atoms with E-state index < -0.39 is 0 Å². The molecule has 4 aromatic rings. The largest absolute Gasteiger partial charge is 0.352 e. The zero-order valence-corrected chi connectivity index (χ0v) is 15.6. The summed E-state index contributed by atoms with van der Waals surface area (Å²) in [5.74, 6) is 0.0496. The van der Waals surface area contributed by atoms with Crippen LogP contribution in [0.1, 0.15) is 15.9 Å². The summed E-state index contributed by atoms with van der Waals surface area (Å²) in [5, 5.41) is 7.06. The van der Waals surface area contributed by atoms with Gasteiger partial charge in [0.1, 0.15) is 11.6 Å². The molecule has 2 aromatic carbocycles. The molecule has 0 fully saturated rings. The van der Waals surface area contributed by atoms with Gasteiger partial charge in [0.2, 0.25) is 0 Å². The Balaban J connectivity index is 1.44. The number of carbonyl (C=O) groups is 1. The number of nitrogens with one attached hydrogen (secondary N) is 2. The minimum atomic E-state index is -0.263. The van der Waals surface area contributed by atoms with E-state index in [0.29, 0.717) is 29.9 Å². The Bertz CT molecular complexity index is 1160. The van der Waals surface area contributed by atoms with Crippen LogP contribution in [0.25, 0.3) is 10.9 Å². The molecular formula is C23H19FN4O. The standard InChI is InChI=1S/C23H19FN4O/c24-19-8-2-1-5-16(19)10-14-27-23(29)18-11-13-25-21(15-18)28-20-9-3-6-17-7-4-12-26-22(17)20/h1-9,11-13,15H,10,14H2,(H,25,28)(H,27,29). The molecule has 144 valence electrons. The van der Waals surface area contributed by atoms with E-state index in [1.54, 1.807) is 42.7 Å². The lowest BCUT2D eigenvalue weighted by molar-refractivity contribution is 0.0954. The first-order valence-electron chi connectivity index (χ1n) is 9.29. The fourth-order valence-corrected chi connectivity index (χ4v) is 3.10. The number of hydrogen-bond donors (Lipinski definition) is 2. The number of hydrogen-bond acceptors (Lipinski definition) is 4. The van der Waals surface area contributed by atoms with Crippen LogP contribution < -0.4 is 10.6 Å². The van der Waals surface area contributed by atoms with Crippen LogP contribution in [0.5, 0.6) is 0 Å². The van der Waals surface area contributed by atoms with E-state index in [1.807, 2.05) is 30.3 Å². The van der Waals surface area contributed by atoms with E-state index in [0.717, 1.165) is 16.6 Å². The van der Waals surface area contributed by atoms with Gasteiger partial charge in [0.05, 0.1) is 11.2 Å². The summed E-state index contributed by atoms with van der Waals surface area (Å²) in [6.07, 6.45) is 3.74. The minimum Gasteiger partial charge on any atom is -0.352 e. The van der Waals surface area contributed by atoms with Crippen molar-refractivity contribution in [2.45, 2.75) is 6.42 Å². The summed E-state index contributed by atoms with van der Waals surface area (Å²) < 4.78 is 13.7. The average Bonchev–Trinajstić information content (AvgIpc) is 2.75. The van der Waals surface area contributed by atoms with Crippen LogP contribution in [0.4, 0.5) is 15.9 Å². The summed E-state index contributed by atoms with van der Waals surface area (Å²) in [5.41, 5.74) is 2.70. The lowest BCUT2D eigenvalue weighted by atomic mass is 10.1. The molecule has 0 atom stereocenters. The van der Waals surface area contributed by atoms with E-state index in [-0.39, 0.29) is 11.7 Å². The number of amides is 1. The van der Waals surface area contributed by atoms with Crippen molar-refractivity contribution < 1.29 is 9.18 Å². The Morgan fingerprint density at radius 2 is 1.79 bits per heavy atom. The monoisotopic (exact) mass is 386 g/mol. The summed E-state index contributed by atoms with van der Waals surface area (Å²) in [6, 6.07) is 19.6. The number of pyridine rings is 2. The first-order chi connectivity index (χ1) is 14.2. The summed E-state index contributed by atoms with van der Waals surface area (Å²) in [6.45, 7) is 0.345. The summed E-state index contributed by atoms with van der Waals surface area (Å²) in [7, 11) is 0. The topological polar surface area (TPSA) is 66.9 Å². The van der Waals surface area contributed by atoms with Crippen molar-refractivity contribution in [1.82, 2.24) is 15.3 Å². The van der Waals surface area contributed by atoms with Crippen LogP contribution in [0.15, 0.2) is 79.1 Å². The van der Waals surface area contributed by atoms with Crippen molar-refractivity contribution in [1.29, 1.82) is 0 Å². The van der Waals surface area contributed by atoms with Gasteiger partial charge in [-0.1, -0.05) is 36.4 Å². The van der Waals surface area contributed by atoms with Crippen LogP contribution >= 0.6 is 0 Å². The number of aromatic nitrogens is 2. The Morgan fingerprint density at radius 3 is 2.69 bits per heavy atom. The van der Waals surface area contributed by atoms with Gasteiger partial charge in [0, 0.05) is 29.9 Å². The molecule has 0 bridgehead atoms. The molecule has 0 saturated carbocycles. The third-order valence-electron chi connectivity index (χ3n) is 4.56. The highest BCUT2D eigenvalue weighted by Gasteiger charge is 2.09. The number of fused-ring (bicyclic) bond motifs is 1. The fraction of sp³-hybridized carbons (Fsp3) is 0.0870. The van der Waals surface area contributed by atoms with Gasteiger partial charge in [-0.15, -0.1) is 0 Å². The smallest absolute Gasteiger partial charge is 0.251 e. The van der Waals surface area contributed by atoms with E-state index in [9.17, 15) is 9.18 Å². The number of nitrogens with zero attached hydrogens (tertiary/aromatic N) is 2. The molecule has 0 aliphatic heterocycles. The van der Waals surface area contributed by atoms with Crippen LogP contribution in [-0.2, 0) is 6.42 Å². The zero-order chi connectivity index (χ0) is 20.1. The van der Waals surface area contributed by atoms with Crippen LogP contribution in [-0.4, -0.2) is 22.4 Å². The van der Waals surface area contributed by atoms with Gasteiger partial charge in [-0.3, -0.25) is 9.78 Å². The van der Waals surface area contributed by atoms with Crippen molar-refractivity contribution in [3.8, 4) is 0 Å². The molecule has 2 aromatic heterocycles. The number of benzene rings is 2. The third kappa shape index (κ3) is 4.38. The molecule has 0 aliphatic rings. The number of anilines is 2. The molecule has 0 aliphatic carbocycles. The fourth-order valence-electron chi connectivity index (χ4n) is 3.10. The highest BCUT2D eigenvalue weighted by Crippen LogP contribution is 2.23. The van der Waals surface area contributed by atoms with Gasteiger partial charge in [0.25, 0.3) is 5.91 Å². The van der Waals surface area contributed by atoms with Crippen molar-refractivity contribution in [2.75, 3.05) is 11.9 Å². The highest BCUT2D eigenvalue weighted by molar-refractivity contribution is 5.96. The van der Waals surface area contributed by atoms with Crippen LogP contribution in [0.2, 0.25) is 0 Å². The third-order valence-corrected chi connectivity index (χ3v) is 4.56. The van der Waals surface area contributed by atoms with Crippen molar-refractivity contribution in [3.05, 3.63) is 96.1 Å². The maximum atomic E-state index is 13.7. The van der Waals surface area contributed by atoms with Gasteiger partial charge < -0.3 is 10.6 Å². The van der Waals surface area contributed by atoms with Crippen LogP contribution in [0, 0.1) is 5.82 Å². The molecule has 2 N–H and O–H groups in total. The molecule has 4 rings (SSSR count). The van der Waals surface area contributed by atoms with Crippen molar-refractivity contribution >= 4 is 28.3 Å². The Kier molecular flexibility index (Phi) is 5.42. The number of carbonyl (C=O) groups excluding carboxylic acids is 1. The lowest BCUT2D eigenvalue weighted by Crippen LogP contribution is -2.26. The van der Waals surface area contributed by atoms with Gasteiger partial charge in [0.15, 0.2) is 0 Å². The van der Waals surface area contributed by atoms with Gasteiger partial charge >= 0.3 is 0 Å². The number of rotatable bonds is 6. The second-order valence-electron chi connectivity index (χ2n) is 6.53. The van der Waals surface area contributed by atoms with Gasteiger partial charge in [-0.25, -0.2) is 9.37 Å².